The number of carbonyl (C=O) groups excluding carboxylic acids is 1. The predicted molar refractivity (Wildman–Crippen MR) is 75.7 cm³/mol. The van der Waals surface area contributed by atoms with Gasteiger partial charge in [-0.15, -0.1) is 0 Å². The molecular formula is C15H18N2O3. The Labute approximate surface area is 117 Å². The van der Waals surface area contributed by atoms with Crippen LogP contribution in [-0.2, 0) is 11.8 Å². The van der Waals surface area contributed by atoms with E-state index in [4.69, 9.17) is 4.42 Å². The van der Waals surface area contributed by atoms with E-state index in [1.165, 1.54) is 6.08 Å². The molecule has 0 saturated heterocycles. The largest absolute Gasteiger partial charge is 0.472 e. The normalized spacial score (nSPS) is 12.7. The maximum Gasteiger partial charge on any atom is 0.244 e. The number of furan rings is 1. The first kappa shape index (κ1) is 14.1. The van der Waals surface area contributed by atoms with Crippen molar-refractivity contribution in [2.45, 2.75) is 12.5 Å². The second-order valence-corrected chi connectivity index (χ2v) is 4.53. The SMILES string of the molecule is Cn1cccc1C(O)CCNC(=O)/C=C/c1ccoc1. The molecule has 2 heterocycles. The van der Waals surface area contributed by atoms with Crippen LogP contribution in [0, 0.1) is 0 Å². The van der Waals surface area contributed by atoms with E-state index >= 15 is 0 Å². The van der Waals surface area contributed by atoms with E-state index in [2.05, 4.69) is 5.32 Å². The van der Waals surface area contributed by atoms with Crippen molar-refractivity contribution in [3.8, 4) is 0 Å². The lowest BCUT2D eigenvalue weighted by molar-refractivity contribution is -0.116. The highest BCUT2D eigenvalue weighted by molar-refractivity contribution is 5.91. The van der Waals surface area contributed by atoms with Crippen LogP contribution in [0.15, 0.2) is 47.4 Å². The number of nitrogens with one attached hydrogen (secondary N) is 1. The lowest BCUT2D eigenvalue weighted by Gasteiger charge is -2.11. The van der Waals surface area contributed by atoms with Gasteiger partial charge in [0.2, 0.25) is 5.91 Å². The fourth-order valence-electron chi connectivity index (χ4n) is 1.90. The predicted octanol–water partition coefficient (Wildman–Crippen LogP) is 1.87. The van der Waals surface area contributed by atoms with E-state index in [-0.39, 0.29) is 5.91 Å². The van der Waals surface area contributed by atoms with E-state index < -0.39 is 6.10 Å². The summed E-state index contributed by atoms with van der Waals surface area (Å²) in [6.07, 6.45) is 8.00. The number of aryl methyl sites for hydroxylation is 1. The van der Waals surface area contributed by atoms with Crippen molar-refractivity contribution in [3.05, 3.63) is 54.3 Å². The molecule has 20 heavy (non-hydrogen) atoms. The summed E-state index contributed by atoms with van der Waals surface area (Å²) in [7, 11) is 1.88. The molecule has 0 spiro atoms. The van der Waals surface area contributed by atoms with E-state index in [0.29, 0.717) is 13.0 Å². The molecule has 1 unspecified atom stereocenters. The number of carbonyl (C=O) groups is 1. The molecule has 1 atom stereocenters. The Kier molecular flexibility index (Phi) is 4.79. The van der Waals surface area contributed by atoms with Crippen LogP contribution in [0.2, 0.25) is 0 Å². The van der Waals surface area contributed by atoms with Gasteiger partial charge in [-0.2, -0.15) is 0 Å². The molecule has 0 aliphatic heterocycles. The van der Waals surface area contributed by atoms with Gasteiger partial charge in [-0.1, -0.05) is 0 Å². The minimum atomic E-state index is -0.576. The highest BCUT2D eigenvalue weighted by Crippen LogP contribution is 2.15. The van der Waals surface area contributed by atoms with Crippen LogP contribution in [0.4, 0.5) is 0 Å². The van der Waals surface area contributed by atoms with E-state index in [0.717, 1.165) is 11.3 Å². The third-order valence-corrected chi connectivity index (χ3v) is 3.01. The van der Waals surface area contributed by atoms with E-state index in [1.54, 1.807) is 24.7 Å². The lowest BCUT2D eigenvalue weighted by Crippen LogP contribution is -2.23. The number of hydrogen-bond donors (Lipinski definition) is 2. The molecule has 5 nitrogen and oxygen atoms in total. The second kappa shape index (κ2) is 6.77. The number of aromatic nitrogens is 1. The average Bonchev–Trinajstić information content (AvgIpc) is 3.07. The summed E-state index contributed by atoms with van der Waals surface area (Å²) in [6, 6.07) is 5.51. The van der Waals surface area contributed by atoms with E-state index in [9.17, 15) is 9.90 Å². The molecule has 2 aromatic heterocycles. The average molecular weight is 274 g/mol. The molecule has 2 aromatic rings. The highest BCUT2D eigenvalue weighted by Gasteiger charge is 2.10. The molecule has 2 rings (SSSR count). The van der Waals surface area contributed by atoms with Gasteiger partial charge < -0.3 is 19.4 Å². The minimum Gasteiger partial charge on any atom is -0.472 e. The Hall–Kier alpha value is -2.27. The molecular weight excluding hydrogens is 256 g/mol. The molecule has 0 aromatic carbocycles. The number of amides is 1. The van der Waals surface area contributed by atoms with Crippen LogP contribution >= 0.6 is 0 Å². The first-order valence-electron chi connectivity index (χ1n) is 6.44. The molecule has 0 aliphatic carbocycles. The zero-order valence-corrected chi connectivity index (χ0v) is 11.3. The molecule has 0 aliphatic rings. The molecule has 0 saturated carbocycles. The van der Waals surface area contributed by atoms with E-state index in [1.807, 2.05) is 29.9 Å². The first-order valence-corrected chi connectivity index (χ1v) is 6.44. The van der Waals surface area contributed by atoms with Crippen molar-refractivity contribution < 1.29 is 14.3 Å². The summed E-state index contributed by atoms with van der Waals surface area (Å²) in [5, 5.41) is 12.7. The van der Waals surface area contributed by atoms with Gasteiger partial charge in [0, 0.05) is 37.1 Å². The van der Waals surface area contributed by atoms with Crippen molar-refractivity contribution >= 4 is 12.0 Å². The topological polar surface area (TPSA) is 67.4 Å². The van der Waals surface area contributed by atoms with Gasteiger partial charge in [-0.3, -0.25) is 4.79 Å². The lowest BCUT2D eigenvalue weighted by atomic mass is 10.2. The fraction of sp³-hybridized carbons (Fsp3) is 0.267. The van der Waals surface area contributed by atoms with Crippen LogP contribution in [0.3, 0.4) is 0 Å². The molecule has 1 amide bonds. The third-order valence-electron chi connectivity index (χ3n) is 3.01. The van der Waals surface area contributed by atoms with Crippen LogP contribution in [-0.4, -0.2) is 22.1 Å². The van der Waals surface area contributed by atoms with Crippen molar-refractivity contribution in [2.24, 2.45) is 7.05 Å². The maximum atomic E-state index is 11.6. The highest BCUT2D eigenvalue weighted by atomic mass is 16.3. The number of hydrogen-bond acceptors (Lipinski definition) is 3. The molecule has 0 fully saturated rings. The molecule has 5 heteroatoms. The Bertz CT molecular complexity index is 570. The van der Waals surface area contributed by atoms with Crippen LogP contribution in [0.25, 0.3) is 6.08 Å². The molecule has 0 radical (unpaired) electrons. The molecule has 2 N–H and O–H groups in total. The fourth-order valence-corrected chi connectivity index (χ4v) is 1.90. The van der Waals surface area contributed by atoms with Crippen molar-refractivity contribution in [1.82, 2.24) is 9.88 Å². The minimum absolute atomic E-state index is 0.190. The van der Waals surface area contributed by atoms with Crippen molar-refractivity contribution in [1.29, 1.82) is 0 Å². The standard InChI is InChI=1S/C15H18N2O3/c1-17-9-2-3-13(17)14(18)6-8-16-15(19)5-4-12-7-10-20-11-12/h2-5,7,9-11,14,18H,6,8H2,1H3,(H,16,19)/b5-4+. The van der Waals surface area contributed by atoms with Crippen LogP contribution in [0.5, 0.6) is 0 Å². The Morgan fingerprint density at radius 2 is 2.40 bits per heavy atom. The summed E-state index contributed by atoms with van der Waals surface area (Å²) < 4.78 is 6.76. The smallest absolute Gasteiger partial charge is 0.244 e. The number of rotatable bonds is 6. The third kappa shape index (κ3) is 3.86. The number of aliphatic hydroxyl groups is 1. The summed E-state index contributed by atoms with van der Waals surface area (Å²) >= 11 is 0. The monoisotopic (exact) mass is 274 g/mol. The summed E-state index contributed by atoms with van der Waals surface area (Å²) in [6.45, 7) is 0.418. The Morgan fingerprint density at radius 3 is 3.05 bits per heavy atom. The van der Waals surface area contributed by atoms with Crippen molar-refractivity contribution in [2.75, 3.05) is 6.54 Å². The molecule has 106 valence electrons. The number of nitrogens with zero attached hydrogens (tertiary/aromatic N) is 1. The molecule has 0 bridgehead atoms. The Morgan fingerprint density at radius 1 is 1.55 bits per heavy atom. The van der Waals surface area contributed by atoms with Gasteiger partial charge in [0.25, 0.3) is 0 Å². The van der Waals surface area contributed by atoms with Crippen molar-refractivity contribution in [3.63, 3.8) is 0 Å². The zero-order chi connectivity index (χ0) is 14.4. The number of aliphatic hydroxyl groups excluding tert-OH is 1. The van der Waals surface area contributed by atoms with Crippen LogP contribution in [0.1, 0.15) is 23.8 Å². The first-order chi connectivity index (χ1) is 9.66. The summed E-state index contributed by atoms with van der Waals surface area (Å²) in [4.78, 5) is 11.6. The van der Waals surface area contributed by atoms with Crippen LogP contribution < -0.4 is 5.32 Å². The second-order valence-electron chi connectivity index (χ2n) is 4.53. The summed E-state index contributed by atoms with van der Waals surface area (Å²) in [5.41, 5.74) is 1.68. The van der Waals surface area contributed by atoms with Gasteiger partial charge in [0.15, 0.2) is 0 Å². The quantitative estimate of drug-likeness (QED) is 0.790. The van der Waals surface area contributed by atoms with Gasteiger partial charge in [-0.25, -0.2) is 0 Å². The van der Waals surface area contributed by atoms with Gasteiger partial charge >= 0.3 is 0 Å². The van der Waals surface area contributed by atoms with Gasteiger partial charge in [-0.05, 0) is 30.7 Å². The Balaban J connectivity index is 1.73. The zero-order valence-electron chi connectivity index (χ0n) is 11.3. The maximum absolute atomic E-state index is 11.6. The van der Waals surface area contributed by atoms with Gasteiger partial charge in [0.1, 0.15) is 0 Å². The summed E-state index contributed by atoms with van der Waals surface area (Å²) in [5.74, 6) is -0.190. The van der Waals surface area contributed by atoms with Gasteiger partial charge in [0.05, 0.1) is 18.6 Å².